The summed E-state index contributed by atoms with van der Waals surface area (Å²) in [6, 6.07) is 2.53. The first-order valence-electron chi connectivity index (χ1n) is 7.55. The predicted molar refractivity (Wildman–Crippen MR) is 75.8 cm³/mol. The third kappa shape index (κ3) is 3.28. The molecule has 0 bridgehead atoms. The Labute approximate surface area is 117 Å². The van der Waals surface area contributed by atoms with E-state index in [9.17, 15) is 5.26 Å². The minimum Gasteiger partial charge on any atom is -0.384 e. The third-order valence-corrected chi connectivity index (χ3v) is 5.03. The number of hydrogen-bond donors (Lipinski definition) is 1. The molecule has 1 aliphatic heterocycles. The molecule has 0 aromatic heterocycles. The van der Waals surface area contributed by atoms with Crippen molar-refractivity contribution in [1.29, 1.82) is 5.26 Å². The molecular formula is C15H27N3O. The van der Waals surface area contributed by atoms with Gasteiger partial charge in [-0.25, -0.2) is 0 Å². The zero-order chi connectivity index (χ0) is 13.7. The summed E-state index contributed by atoms with van der Waals surface area (Å²) >= 11 is 0. The van der Waals surface area contributed by atoms with E-state index in [1.807, 2.05) is 7.05 Å². The van der Waals surface area contributed by atoms with E-state index in [-0.39, 0.29) is 5.54 Å². The molecule has 3 unspecified atom stereocenters. The first-order chi connectivity index (χ1) is 9.24. The van der Waals surface area contributed by atoms with Crippen molar-refractivity contribution in [3.63, 3.8) is 0 Å². The molecule has 0 radical (unpaired) electrons. The average Bonchev–Trinajstić information content (AvgIpc) is 3.03. The number of nitrogens with zero attached hydrogens (tertiary/aromatic N) is 2. The SMILES string of the molecule is CNC1(C#N)CCCC1CCN1CCC(COC)C1. The quantitative estimate of drug-likeness (QED) is 0.793. The highest BCUT2D eigenvalue weighted by atomic mass is 16.5. The highest BCUT2D eigenvalue weighted by molar-refractivity contribution is 5.13. The van der Waals surface area contributed by atoms with Gasteiger partial charge in [-0.2, -0.15) is 5.26 Å². The standard InChI is InChI=1S/C15H27N3O/c1-17-15(12-16)7-3-4-14(15)6-9-18-8-5-13(10-18)11-19-2/h13-14,17H,3-11H2,1-2H3. The Morgan fingerprint density at radius 1 is 1.47 bits per heavy atom. The zero-order valence-corrected chi connectivity index (χ0v) is 12.3. The van der Waals surface area contributed by atoms with Gasteiger partial charge in [0.25, 0.3) is 0 Å². The van der Waals surface area contributed by atoms with Gasteiger partial charge >= 0.3 is 0 Å². The maximum Gasteiger partial charge on any atom is 0.109 e. The number of methoxy groups -OCH3 is 1. The van der Waals surface area contributed by atoms with Crippen LogP contribution in [0.3, 0.4) is 0 Å². The third-order valence-electron chi connectivity index (χ3n) is 5.03. The second-order valence-corrected chi connectivity index (χ2v) is 6.12. The van der Waals surface area contributed by atoms with Gasteiger partial charge in [0.15, 0.2) is 0 Å². The Bertz CT molecular complexity index is 328. The van der Waals surface area contributed by atoms with Gasteiger partial charge in [-0.1, -0.05) is 6.42 Å². The van der Waals surface area contributed by atoms with Gasteiger partial charge < -0.3 is 15.0 Å². The fraction of sp³-hybridized carbons (Fsp3) is 0.933. The molecule has 1 aliphatic carbocycles. The molecule has 0 aromatic rings. The number of nitriles is 1. The molecule has 0 aromatic carbocycles. The summed E-state index contributed by atoms with van der Waals surface area (Å²) in [7, 11) is 3.72. The van der Waals surface area contributed by atoms with E-state index in [1.165, 1.54) is 32.4 Å². The summed E-state index contributed by atoms with van der Waals surface area (Å²) in [6.45, 7) is 4.38. The van der Waals surface area contributed by atoms with Gasteiger partial charge in [-0.15, -0.1) is 0 Å². The summed E-state index contributed by atoms with van der Waals surface area (Å²) in [5.74, 6) is 1.22. The Kier molecular flexibility index (Phi) is 5.20. The summed E-state index contributed by atoms with van der Waals surface area (Å²) in [4.78, 5) is 2.54. The van der Waals surface area contributed by atoms with Gasteiger partial charge in [-0.05, 0) is 57.7 Å². The lowest BCUT2D eigenvalue weighted by Crippen LogP contribution is -2.45. The summed E-state index contributed by atoms with van der Waals surface area (Å²) in [5, 5.41) is 12.7. The van der Waals surface area contributed by atoms with Crippen molar-refractivity contribution in [2.75, 3.05) is 40.4 Å². The highest BCUT2D eigenvalue weighted by Gasteiger charge is 2.41. The van der Waals surface area contributed by atoms with Crippen LogP contribution in [0, 0.1) is 23.2 Å². The van der Waals surface area contributed by atoms with Crippen molar-refractivity contribution in [1.82, 2.24) is 10.2 Å². The minimum atomic E-state index is -0.258. The topological polar surface area (TPSA) is 48.3 Å². The smallest absolute Gasteiger partial charge is 0.109 e. The van der Waals surface area contributed by atoms with Crippen LogP contribution in [0.25, 0.3) is 0 Å². The molecule has 1 saturated carbocycles. The molecule has 1 heterocycles. The van der Waals surface area contributed by atoms with Crippen LogP contribution in [0.15, 0.2) is 0 Å². The zero-order valence-electron chi connectivity index (χ0n) is 12.3. The van der Waals surface area contributed by atoms with Crippen molar-refractivity contribution >= 4 is 0 Å². The maximum atomic E-state index is 9.45. The first-order valence-corrected chi connectivity index (χ1v) is 7.55. The van der Waals surface area contributed by atoms with E-state index in [0.717, 1.165) is 26.0 Å². The highest BCUT2D eigenvalue weighted by Crippen LogP contribution is 2.37. The van der Waals surface area contributed by atoms with Gasteiger partial charge in [0.05, 0.1) is 12.7 Å². The normalized spacial score (nSPS) is 35.6. The number of rotatable bonds is 6. The van der Waals surface area contributed by atoms with Crippen molar-refractivity contribution < 1.29 is 4.74 Å². The number of likely N-dealkylation sites (tertiary alicyclic amines) is 1. The molecule has 1 saturated heterocycles. The molecule has 2 fully saturated rings. The summed E-state index contributed by atoms with van der Waals surface area (Å²) < 4.78 is 5.24. The average molecular weight is 265 g/mol. The predicted octanol–water partition coefficient (Wildman–Crippen LogP) is 1.63. The summed E-state index contributed by atoms with van der Waals surface area (Å²) in [5.41, 5.74) is -0.258. The number of hydrogen-bond acceptors (Lipinski definition) is 4. The molecule has 1 N–H and O–H groups in total. The van der Waals surface area contributed by atoms with Crippen LogP contribution in [0.1, 0.15) is 32.1 Å². The van der Waals surface area contributed by atoms with Crippen LogP contribution in [0.2, 0.25) is 0 Å². The first kappa shape index (κ1) is 14.8. The largest absolute Gasteiger partial charge is 0.384 e. The molecule has 3 atom stereocenters. The van der Waals surface area contributed by atoms with Crippen LogP contribution in [-0.2, 0) is 4.74 Å². The van der Waals surface area contributed by atoms with Crippen molar-refractivity contribution in [2.24, 2.45) is 11.8 Å². The fourth-order valence-corrected chi connectivity index (χ4v) is 3.83. The number of ether oxygens (including phenoxy) is 1. The van der Waals surface area contributed by atoms with Crippen LogP contribution in [0.4, 0.5) is 0 Å². The lowest BCUT2D eigenvalue weighted by atomic mass is 9.86. The monoisotopic (exact) mass is 265 g/mol. The van der Waals surface area contributed by atoms with E-state index in [1.54, 1.807) is 7.11 Å². The van der Waals surface area contributed by atoms with Crippen molar-refractivity contribution in [2.45, 2.75) is 37.6 Å². The summed E-state index contributed by atoms with van der Waals surface area (Å²) in [6.07, 6.45) is 5.80. The van der Waals surface area contributed by atoms with Crippen LogP contribution in [-0.4, -0.2) is 50.8 Å². The second-order valence-electron chi connectivity index (χ2n) is 6.12. The Morgan fingerprint density at radius 2 is 2.32 bits per heavy atom. The van der Waals surface area contributed by atoms with Crippen LogP contribution in [0.5, 0.6) is 0 Å². The Hall–Kier alpha value is -0.630. The molecule has 0 spiro atoms. The molecule has 2 aliphatic rings. The van der Waals surface area contributed by atoms with Gasteiger partial charge in [0, 0.05) is 13.7 Å². The Balaban J connectivity index is 1.78. The van der Waals surface area contributed by atoms with E-state index < -0.39 is 0 Å². The molecule has 4 nitrogen and oxygen atoms in total. The van der Waals surface area contributed by atoms with Crippen LogP contribution >= 0.6 is 0 Å². The molecule has 0 amide bonds. The molecule has 4 heteroatoms. The number of nitrogens with one attached hydrogen (secondary N) is 1. The fourth-order valence-electron chi connectivity index (χ4n) is 3.83. The minimum absolute atomic E-state index is 0.258. The molecule has 2 rings (SSSR count). The van der Waals surface area contributed by atoms with E-state index in [4.69, 9.17) is 4.74 Å². The van der Waals surface area contributed by atoms with E-state index in [2.05, 4.69) is 16.3 Å². The molecule has 108 valence electrons. The lowest BCUT2D eigenvalue weighted by molar-refractivity contribution is 0.152. The van der Waals surface area contributed by atoms with Crippen molar-refractivity contribution in [3.05, 3.63) is 0 Å². The van der Waals surface area contributed by atoms with E-state index in [0.29, 0.717) is 11.8 Å². The second kappa shape index (κ2) is 6.69. The van der Waals surface area contributed by atoms with Gasteiger partial charge in [0.1, 0.15) is 5.54 Å². The lowest BCUT2D eigenvalue weighted by Gasteiger charge is -2.29. The van der Waals surface area contributed by atoms with E-state index >= 15 is 0 Å². The molecular weight excluding hydrogens is 238 g/mol. The van der Waals surface area contributed by atoms with Crippen LogP contribution < -0.4 is 5.32 Å². The Morgan fingerprint density at radius 3 is 3.00 bits per heavy atom. The van der Waals surface area contributed by atoms with Gasteiger partial charge in [-0.3, -0.25) is 0 Å². The van der Waals surface area contributed by atoms with Gasteiger partial charge in [0.2, 0.25) is 0 Å². The molecule has 19 heavy (non-hydrogen) atoms. The maximum absolute atomic E-state index is 9.45. The van der Waals surface area contributed by atoms with Crippen molar-refractivity contribution in [3.8, 4) is 6.07 Å².